The lowest BCUT2D eigenvalue weighted by Gasteiger charge is -2.20. The highest BCUT2D eigenvalue weighted by atomic mass is 32.2. The van der Waals surface area contributed by atoms with Crippen molar-refractivity contribution in [1.29, 1.82) is 0 Å². The Labute approximate surface area is 115 Å². The summed E-state index contributed by atoms with van der Waals surface area (Å²) >= 11 is 1.48. The summed E-state index contributed by atoms with van der Waals surface area (Å²) in [6.07, 6.45) is 0.973. The summed E-state index contributed by atoms with van der Waals surface area (Å²) in [5, 5.41) is 12.3. The van der Waals surface area contributed by atoms with Crippen LogP contribution in [0.1, 0.15) is 15.9 Å². The number of benzene rings is 1. The van der Waals surface area contributed by atoms with Crippen molar-refractivity contribution in [1.82, 2.24) is 4.90 Å². The third-order valence-corrected chi connectivity index (χ3v) is 4.51. The first-order valence-electron chi connectivity index (χ1n) is 6.15. The van der Waals surface area contributed by atoms with Crippen LogP contribution in [0.15, 0.2) is 18.2 Å². The number of amides is 1. The van der Waals surface area contributed by atoms with E-state index >= 15 is 0 Å². The molecule has 100 valence electrons. The van der Waals surface area contributed by atoms with Gasteiger partial charge in [0.15, 0.2) is 0 Å². The molecule has 3 rings (SSSR count). The zero-order valence-corrected chi connectivity index (χ0v) is 11.1. The molecule has 0 aromatic heterocycles. The Kier molecular flexibility index (Phi) is 3.10. The van der Waals surface area contributed by atoms with Crippen molar-refractivity contribution in [3.05, 3.63) is 29.3 Å². The number of carbonyl (C=O) groups is 2. The number of carbonyl (C=O) groups excluding carboxylic acids is 1. The number of nitrogens with zero attached hydrogens (tertiary/aromatic N) is 1. The average Bonchev–Trinajstić information content (AvgIpc) is 3.05. The van der Waals surface area contributed by atoms with Crippen LogP contribution in [0.25, 0.3) is 0 Å². The van der Waals surface area contributed by atoms with E-state index in [0.29, 0.717) is 17.2 Å². The van der Waals surface area contributed by atoms with Crippen molar-refractivity contribution in [2.45, 2.75) is 12.5 Å². The Morgan fingerprint density at radius 1 is 1.42 bits per heavy atom. The number of nitrogens with one attached hydrogen (secondary N) is 1. The summed E-state index contributed by atoms with van der Waals surface area (Å²) in [5.41, 5.74) is 2.76. The SMILES string of the molecule is O=C(O)C1CSCN1C(=O)c1ccc2c(c1)NCC2. The average molecular weight is 278 g/mol. The van der Waals surface area contributed by atoms with Gasteiger partial charge >= 0.3 is 5.97 Å². The van der Waals surface area contributed by atoms with E-state index in [2.05, 4.69) is 5.32 Å². The van der Waals surface area contributed by atoms with E-state index in [-0.39, 0.29) is 5.91 Å². The third kappa shape index (κ3) is 2.16. The summed E-state index contributed by atoms with van der Waals surface area (Å²) in [5.74, 6) is -0.226. The fourth-order valence-electron chi connectivity index (χ4n) is 2.44. The molecule has 1 atom stereocenters. The highest BCUT2D eigenvalue weighted by molar-refractivity contribution is 7.99. The van der Waals surface area contributed by atoms with Crippen LogP contribution in [-0.4, -0.2) is 46.1 Å². The van der Waals surface area contributed by atoms with E-state index in [0.717, 1.165) is 18.7 Å². The van der Waals surface area contributed by atoms with Crippen LogP contribution in [-0.2, 0) is 11.2 Å². The van der Waals surface area contributed by atoms with E-state index in [1.165, 1.54) is 22.2 Å². The largest absolute Gasteiger partial charge is 0.480 e. The smallest absolute Gasteiger partial charge is 0.327 e. The topological polar surface area (TPSA) is 69.6 Å². The first-order valence-corrected chi connectivity index (χ1v) is 7.30. The summed E-state index contributed by atoms with van der Waals surface area (Å²) in [7, 11) is 0. The number of rotatable bonds is 2. The second kappa shape index (κ2) is 4.77. The Balaban J connectivity index is 1.85. The van der Waals surface area contributed by atoms with Gasteiger partial charge < -0.3 is 15.3 Å². The molecule has 5 nitrogen and oxygen atoms in total. The molecule has 1 aromatic carbocycles. The Bertz CT molecular complexity index is 547. The Morgan fingerprint density at radius 2 is 2.26 bits per heavy atom. The molecule has 1 aromatic rings. The molecule has 2 heterocycles. The van der Waals surface area contributed by atoms with Gasteiger partial charge in [-0.25, -0.2) is 4.79 Å². The minimum absolute atomic E-state index is 0.200. The normalized spacial score (nSPS) is 21.1. The fourth-order valence-corrected chi connectivity index (χ4v) is 3.58. The van der Waals surface area contributed by atoms with Crippen molar-refractivity contribution in [2.75, 3.05) is 23.5 Å². The van der Waals surface area contributed by atoms with Crippen molar-refractivity contribution in [2.24, 2.45) is 0 Å². The lowest BCUT2D eigenvalue weighted by atomic mass is 10.1. The van der Waals surface area contributed by atoms with Gasteiger partial charge in [0, 0.05) is 23.5 Å². The lowest BCUT2D eigenvalue weighted by Crippen LogP contribution is -2.41. The number of hydrogen-bond donors (Lipinski definition) is 2. The van der Waals surface area contributed by atoms with Gasteiger partial charge in [0.25, 0.3) is 5.91 Å². The first kappa shape index (κ1) is 12.3. The zero-order chi connectivity index (χ0) is 13.4. The van der Waals surface area contributed by atoms with Crippen LogP contribution in [0.4, 0.5) is 5.69 Å². The Morgan fingerprint density at radius 3 is 3.05 bits per heavy atom. The molecule has 0 bridgehead atoms. The minimum Gasteiger partial charge on any atom is -0.480 e. The first-order chi connectivity index (χ1) is 9.16. The van der Waals surface area contributed by atoms with Gasteiger partial charge in [-0.15, -0.1) is 11.8 Å². The summed E-state index contributed by atoms with van der Waals surface area (Å²) in [6.45, 7) is 0.893. The van der Waals surface area contributed by atoms with Gasteiger partial charge in [0.2, 0.25) is 0 Å². The fraction of sp³-hybridized carbons (Fsp3) is 0.385. The maximum Gasteiger partial charge on any atom is 0.327 e. The molecule has 0 saturated carbocycles. The number of carboxylic acid groups (broad SMARTS) is 1. The molecule has 0 radical (unpaired) electrons. The maximum atomic E-state index is 12.4. The molecule has 19 heavy (non-hydrogen) atoms. The van der Waals surface area contributed by atoms with Gasteiger partial charge in [-0.1, -0.05) is 6.07 Å². The summed E-state index contributed by atoms with van der Waals surface area (Å²) in [4.78, 5) is 24.9. The maximum absolute atomic E-state index is 12.4. The molecule has 1 saturated heterocycles. The van der Waals surface area contributed by atoms with Gasteiger partial charge in [-0.3, -0.25) is 4.79 Å². The second-order valence-corrected chi connectivity index (χ2v) is 5.68. The van der Waals surface area contributed by atoms with Gasteiger partial charge in [0.05, 0.1) is 5.88 Å². The van der Waals surface area contributed by atoms with Crippen LogP contribution < -0.4 is 5.32 Å². The molecule has 2 N–H and O–H groups in total. The molecule has 0 aliphatic carbocycles. The molecule has 6 heteroatoms. The van der Waals surface area contributed by atoms with Crippen LogP contribution in [0.2, 0.25) is 0 Å². The standard InChI is InChI=1S/C13H14N2O3S/c16-12(15-7-19-6-11(15)13(17)18)9-2-1-8-3-4-14-10(8)5-9/h1-2,5,11,14H,3-4,6-7H2,(H,17,18). The quantitative estimate of drug-likeness (QED) is 0.852. The van der Waals surface area contributed by atoms with Crippen LogP contribution in [0.5, 0.6) is 0 Å². The van der Waals surface area contributed by atoms with Gasteiger partial charge in [-0.05, 0) is 24.1 Å². The van der Waals surface area contributed by atoms with E-state index < -0.39 is 12.0 Å². The summed E-state index contributed by atoms with van der Waals surface area (Å²) < 4.78 is 0. The van der Waals surface area contributed by atoms with E-state index in [4.69, 9.17) is 5.11 Å². The lowest BCUT2D eigenvalue weighted by molar-refractivity contribution is -0.140. The van der Waals surface area contributed by atoms with E-state index in [1.54, 1.807) is 6.07 Å². The molecule has 1 fully saturated rings. The van der Waals surface area contributed by atoms with Crippen molar-refractivity contribution in [3.63, 3.8) is 0 Å². The molecule has 1 unspecified atom stereocenters. The van der Waals surface area contributed by atoms with Crippen LogP contribution in [0, 0.1) is 0 Å². The van der Waals surface area contributed by atoms with Gasteiger partial charge in [-0.2, -0.15) is 0 Å². The number of anilines is 1. The van der Waals surface area contributed by atoms with Crippen molar-refractivity contribution >= 4 is 29.3 Å². The van der Waals surface area contributed by atoms with E-state index in [1.807, 2.05) is 12.1 Å². The summed E-state index contributed by atoms with van der Waals surface area (Å²) in [6, 6.07) is 4.85. The molecule has 2 aliphatic heterocycles. The monoisotopic (exact) mass is 278 g/mol. The predicted molar refractivity (Wildman–Crippen MR) is 73.6 cm³/mol. The van der Waals surface area contributed by atoms with Crippen LogP contribution >= 0.6 is 11.8 Å². The van der Waals surface area contributed by atoms with Gasteiger partial charge in [0.1, 0.15) is 6.04 Å². The number of aliphatic carboxylic acids is 1. The van der Waals surface area contributed by atoms with Crippen molar-refractivity contribution in [3.8, 4) is 0 Å². The highest BCUT2D eigenvalue weighted by Gasteiger charge is 2.35. The molecule has 0 spiro atoms. The predicted octanol–water partition coefficient (Wildman–Crippen LogP) is 1.25. The molecule has 2 aliphatic rings. The number of hydrogen-bond acceptors (Lipinski definition) is 4. The van der Waals surface area contributed by atoms with Crippen LogP contribution in [0.3, 0.4) is 0 Å². The number of fused-ring (bicyclic) bond motifs is 1. The second-order valence-electron chi connectivity index (χ2n) is 4.68. The minimum atomic E-state index is -0.933. The third-order valence-electron chi connectivity index (χ3n) is 3.49. The van der Waals surface area contributed by atoms with Crippen molar-refractivity contribution < 1.29 is 14.7 Å². The number of thioether (sulfide) groups is 1. The Hall–Kier alpha value is -1.69. The highest BCUT2D eigenvalue weighted by Crippen LogP contribution is 2.27. The number of carboxylic acids is 1. The zero-order valence-electron chi connectivity index (χ0n) is 10.3. The van der Waals surface area contributed by atoms with E-state index in [9.17, 15) is 9.59 Å². The molecule has 1 amide bonds. The molecular formula is C13H14N2O3S. The molecular weight excluding hydrogens is 264 g/mol.